The molecule has 4 aromatic rings. The number of nitrogens with zero attached hydrogens (tertiary/aromatic N) is 1. The molecule has 0 spiro atoms. The van der Waals surface area contributed by atoms with Crippen LogP contribution in [0.15, 0.2) is 101 Å². The first-order valence-electron chi connectivity index (χ1n) is 9.19. The molecule has 0 aliphatic rings. The fourth-order valence-corrected chi connectivity index (χ4v) is 4.94. The zero-order valence-electron chi connectivity index (χ0n) is 15.4. The van der Waals surface area contributed by atoms with Crippen molar-refractivity contribution in [1.82, 2.24) is 4.31 Å². The van der Waals surface area contributed by atoms with Crippen molar-refractivity contribution >= 4 is 20.8 Å². The van der Waals surface area contributed by atoms with E-state index in [0.29, 0.717) is 23.6 Å². The summed E-state index contributed by atoms with van der Waals surface area (Å²) in [5, 5.41) is 1.64. The highest BCUT2D eigenvalue weighted by atomic mass is 32.2. The lowest BCUT2D eigenvalue weighted by Gasteiger charge is -2.22. The van der Waals surface area contributed by atoms with Crippen LogP contribution in [0.2, 0.25) is 0 Å². The Morgan fingerprint density at radius 2 is 1.54 bits per heavy atom. The first kappa shape index (κ1) is 18.5. The summed E-state index contributed by atoms with van der Waals surface area (Å²) in [6.45, 7) is 0.571. The second-order valence-corrected chi connectivity index (χ2v) is 8.54. The van der Waals surface area contributed by atoms with Gasteiger partial charge in [0.15, 0.2) is 0 Å². The highest BCUT2D eigenvalue weighted by molar-refractivity contribution is 7.89. The second-order valence-electron chi connectivity index (χ2n) is 6.63. The summed E-state index contributed by atoms with van der Waals surface area (Å²) in [4.78, 5) is 0.324. The van der Waals surface area contributed by atoms with Crippen LogP contribution in [-0.4, -0.2) is 19.3 Å². The van der Waals surface area contributed by atoms with Crippen LogP contribution in [0.25, 0.3) is 10.8 Å². The molecule has 5 heteroatoms. The Morgan fingerprint density at radius 1 is 0.786 bits per heavy atom. The average molecular weight is 391 g/mol. The smallest absolute Gasteiger partial charge is 0.244 e. The lowest BCUT2D eigenvalue weighted by Crippen LogP contribution is -2.32. The van der Waals surface area contributed by atoms with Gasteiger partial charge in [0.1, 0.15) is 5.76 Å². The summed E-state index contributed by atoms with van der Waals surface area (Å²) in [5.41, 5.74) is 1.10. The van der Waals surface area contributed by atoms with Crippen molar-refractivity contribution in [3.8, 4) is 0 Å². The van der Waals surface area contributed by atoms with Crippen molar-refractivity contribution in [3.05, 3.63) is 103 Å². The number of benzene rings is 3. The number of rotatable bonds is 7. The van der Waals surface area contributed by atoms with Crippen molar-refractivity contribution in [3.63, 3.8) is 0 Å². The number of hydrogen-bond donors (Lipinski definition) is 0. The van der Waals surface area contributed by atoms with Crippen LogP contribution < -0.4 is 0 Å². The second kappa shape index (κ2) is 8.00. The minimum atomic E-state index is -3.70. The molecule has 0 bridgehead atoms. The van der Waals surface area contributed by atoms with Gasteiger partial charge in [-0.2, -0.15) is 4.31 Å². The first-order chi connectivity index (χ1) is 13.6. The van der Waals surface area contributed by atoms with Crippen LogP contribution in [0.5, 0.6) is 0 Å². The van der Waals surface area contributed by atoms with Gasteiger partial charge in [-0.05, 0) is 35.6 Å². The van der Waals surface area contributed by atoms with E-state index in [2.05, 4.69) is 0 Å². The molecule has 0 radical (unpaired) electrons. The molecule has 142 valence electrons. The third-order valence-electron chi connectivity index (χ3n) is 4.77. The molecule has 0 aliphatic carbocycles. The maximum atomic E-state index is 13.6. The predicted molar refractivity (Wildman–Crippen MR) is 110 cm³/mol. The zero-order chi connectivity index (χ0) is 19.4. The van der Waals surface area contributed by atoms with Crippen LogP contribution in [0.4, 0.5) is 0 Å². The molecule has 28 heavy (non-hydrogen) atoms. The molecule has 4 rings (SSSR count). The van der Waals surface area contributed by atoms with Gasteiger partial charge in [-0.1, -0.05) is 66.7 Å². The van der Waals surface area contributed by atoms with Crippen molar-refractivity contribution in [2.45, 2.75) is 17.9 Å². The summed E-state index contributed by atoms with van der Waals surface area (Å²) in [7, 11) is -3.70. The van der Waals surface area contributed by atoms with Gasteiger partial charge >= 0.3 is 0 Å². The molecule has 0 amide bonds. The Kier molecular flexibility index (Phi) is 5.28. The van der Waals surface area contributed by atoms with Gasteiger partial charge in [-0.25, -0.2) is 8.42 Å². The van der Waals surface area contributed by atoms with Gasteiger partial charge in [-0.3, -0.25) is 0 Å². The van der Waals surface area contributed by atoms with Gasteiger partial charge < -0.3 is 4.42 Å². The largest absolute Gasteiger partial charge is 0.468 e. The molecule has 0 saturated carbocycles. The number of furan rings is 1. The molecule has 0 N–H and O–H groups in total. The monoisotopic (exact) mass is 391 g/mol. The Hall–Kier alpha value is -2.89. The van der Waals surface area contributed by atoms with E-state index in [0.717, 1.165) is 16.3 Å². The van der Waals surface area contributed by atoms with Crippen molar-refractivity contribution < 1.29 is 12.8 Å². The van der Waals surface area contributed by atoms with Crippen LogP contribution >= 0.6 is 0 Å². The molecule has 1 aromatic heterocycles. The minimum Gasteiger partial charge on any atom is -0.468 e. The predicted octanol–water partition coefficient (Wildman–Crippen LogP) is 4.87. The van der Waals surface area contributed by atoms with Crippen molar-refractivity contribution in [1.29, 1.82) is 0 Å². The summed E-state index contributed by atoms with van der Waals surface area (Å²) >= 11 is 0. The molecule has 3 aromatic carbocycles. The summed E-state index contributed by atoms with van der Waals surface area (Å²) in [6.07, 6.45) is 2.20. The van der Waals surface area contributed by atoms with E-state index in [4.69, 9.17) is 4.42 Å². The van der Waals surface area contributed by atoms with Gasteiger partial charge in [0, 0.05) is 11.9 Å². The van der Waals surface area contributed by atoms with E-state index >= 15 is 0 Å². The Labute approximate surface area is 165 Å². The molecular weight excluding hydrogens is 370 g/mol. The van der Waals surface area contributed by atoms with E-state index in [1.807, 2.05) is 60.7 Å². The SMILES string of the molecule is O=S(=O)(c1cccc2ccccc12)N(CCc1ccccc1)Cc1ccco1. The fraction of sp³-hybridized carbons (Fsp3) is 0.130. The quantitative estimate of drug-likeness (QED) is 0.452. The third kappa shape index (κ3) is 3.86. The third-order valence-corrected chi connectivity index (χ3v) is 6.68. The lowest BCUT2D eigenvalue weighted by molar-refractivity contribution is 0.366. The van der Waals surface area contributed by atoms with Crippen molar-refractivity contribution in [2.75, 3.05) is 6.54 Å². The molecule has 0 aliphatic heterocycles. The first-order valence-corrected chi connectivity index (χ1v) is 10.6. The summed E-state index contributed by atoms with van der Waals surface area (Å²) in [6, 6.07) is 26.4. The fourth-order valence-electron chi connectivity index (χ4n) is 3.32. The van der Waals surface area contributed by atoms with Crippen molar-refractivity contribution in [2.24, 2.45) is 0 Å². The molecular formula is C23H21NO3S. The lowest BCUT2D eigenvalue weighted by atomic mass is 10.1. The highest BCUT2D eigenvalue weighted by Gasteiger charge is 2.27. The average Bonchev–Trinajstić information content (AvgIpc) is 3.24. The van der Waals surface area contributed by atoms with E-state index < -0.39 is 10.0 Å². The topological polar surface area (TPSA) is 50.5 Å². The van der Waals surface area contributed by atoms with E-state index in [9.17, 15) is 8.42 Å². The zero-order valence-corrected chi connectivity index (χ0v) is 16.2. The number of hydrogen-bond acceptors (Lipinski definition) is 3. The molecule has 0 atom stereocenters. The molecule has 1 heterocycles. The molecule has 4 nitrogen and oxygen atoms in total. The Morgan fingerprint density at radius 3 is 2.32 bits per heavy atom. The van der Waals surface area contributed by atoms with Gasteiger partial charge in [0.2, 0.25) is 10.0 Å². The van der Waals surface area contributed by atoms with E-state index in [1.165, 1.54) is 4.31 Å². The summed E-state index contributed by atoms with van der Waals surface area (Å²) < 4.78 is 34.1. The van der Waals surface area contributed by atoms with E-state index in [1.54, 1.807) is 30.5 Å². The van der Waals surface area contributed by atoms with Gasteiger partial charge in [0.05, 0.1) is 17.7 Å². The minimum absolute atomic E-state index is 0.200. The Bertz CT molecular complexity index is 1150. The molecule has 0 saturated heterocycles. The van der Waals surface area contributed by atoms with Crippen LogP contribution in [0.1, 0.15) is 11.3 Å². The van der Waals surface area contributed by atoms with E-state index in [-0.39, 0.29) is 6.54 Å². The Balaban J connectivity index is 1.71. The normalized spacial score (nSPS) is 11.9. The van der Waals surface area contributed by atoms with Gasteiger partial charge in [-0.15, -0.1) is 0 Å². The maximum absolute atomic E-state index is 13.6. The molecule has 0 fully saturated rings. The number of sulfonamides is 1. The number of fused-ring (bicyclic) bond motifs is 1. The molecule has 0 unspecified atom stereocenters. The summed E-state index contributed by atoms with van der Waals surface area (Å²) in [5.74, 6) is 0.622. The maximum Gasteiger partial charge on any atom is 0.244 e. The van der Waals surface area contributed by atoms with Crippen LogP contribution in [-0.2, 0) is 23.0 Å². The van der Waals surface area contributed by atoms with Crippen LogP contribution in [0, 0.1) is 0 Å². The standard InChI is InChI=1S/C23H21NO3S/c25-28(26,23-14-6-11-20-10-4-5-13-22(20)23)24(18-21-12-7-17-27-21)16-15-19-8-2-1-3-9-19/h1-14,17H,15-16,18H2. The highest BCUT2D eigenvalue weighted by Crippen LogP contribution is 2.27. The van der Waals surface area contributed by atoms with Gasteiger partial charge in [0.25, 0.3) is 0 Å². The van der Waals surface area contributed by atoms with Crippen LogP contribution in [0.3, 0.4) is 0 Å².